The topological polar surface area (TPSA) is 76.1 Å². The maximum absolute atomic E-state index is 12.1. The van der Waals surface area contributed by atoms with Gasteiger partial charge in [0.05, 0.1) is 26.7 Å². The van der Waals surface area contributed by atoms with Gasteiger partial charge in [-0.15, -0.1) is 11.3 Å². The molecule has 1 N–H and O–H groups in total. The molecule has 0 spiro atoms. The Labute approximate surface area is 120 Å². The Morgan fingerprint density at radius 2 is 2.25 bits per heavy atom. The predicted molar refractivity (Wildman–Crippen MR) is 78.9 cm³/mol. The van der Waals surface area contributed by atoms with E-state index >= 15 is 0 Å². The van der Waals surface area contributed by atoms with Crippen LogP contribution in [0.15, 0.2) is 18.2 Å². The van der Waals surface area contributed by atoms with E-state index in [4.69, 9.17) is 0 Å². The van der Waals surface area contributed by atoms with E-state index in [2.05, 4.69) is 10.3 Å². The Balaban J connectivity index is 1.78. The van der Waals surface area contributed by atoms with Crippen LogP contribution in [0.5, 0.6) is 0 Å². The summed E-state index contributed by atoms with van der Waals surface area (Å²) in [7, 11) is -2.98. The Morgan fingerprint density at radius 3 is 2.95 bits per heavy atom. The second kappa shape index (κ2) is 4.82. The van der Waals surface area contributed by atoms with Crippen LogP contribution in [-0.2, 0) is 9.84 Å². The van der Waals surface area contributed by atoms with Gasteiger partial charge in [-0.05, 0) is 31.5 Å². The second-order valence-electron chi connectivity index (χ2n) is 4.99. The molecule has 1 saturated heterocycles. The van der Waals surface area contributed by atoms with Gasteiger partial charge in [-0.3, -0.25) is 4.79 Å². The van der Waals surface area contributed by atoms with Crippen LogP contribution in [0.25, 0.3) is 10.2 Å². The molecule has 5 nitrogen and oxygen atoms in total. The fourth-order valence-electron chi connectivity index (χ4n) is 2.36. The van der Waals surface area contributed by atoms with Crippen LogP contribution in [0.3, 0.4) is 0 Å². The number of carbonyl (C=O) groups excluding carboxylic acids is 1. The summed E-state index contributed by atoms with van der Waals surface area (Å²) in [6.45, 7) is 1.92. The molecule has 0 radical (unpaired) electrons. The predicted octanol–water partition coefficient (Wildman–Crippen LogP) is 1.52. The van der Waals surface area contributed by atoms with Crippen LogP contribution in [0.4, 0.5) is 0 Å². The first kappa shape index (κ1) is 13.5. The Bertz CT molecular complexity index is 780. The third-order valence-corrected chi connectivity index (χ3v) is 6.03. The van der Waals surface area contributed by atoms with Gasteiger partial charge in [0.25, 0.3) is 5.91 Å². The Hall–Kier alpha value is -1.47. The lowest BCUT2D eigenvalue weighted by Gasteiger charge is -2.10. The van der Waals surface area contributed by atoms with E-state index in [1.165, 1.54) is 11.3 Å². The van der Waals surface area contributed by atoms with E-state index in [0.29, 0.717) is 12.0 Å². The quantitative estimate of drug-likeness (QED) is 0.912. The number of aryl methyl sites for hydroxylation is 1. The Morgan fingerprint density at radius 1 is 1.45 bits per heavy atom. The van der Waals surface area contributed by atoms with Gasteiger partial charge in [0.2, 0.25) is 0 Å². The number of rotatable bonds is 2. The fraction of sp³-hybridized carbons (Fsp3) is 0.385. The fourth-order valence-corrected chi connectivity index (χ4v) is 4.90. The summed E-state index contributed by atoms with van der Waals surface area (Å²) >= 11 is 1.54. The molecule has 20 heavy (non-hydrogen) atoms. The van der Waals surface area contributed by atoms with E-state index in [1.54, 1.807) is 12.1 Å². The number of aromatic nitrogens is 1. The lowest BCUT2D eigenvalue weighted by atomic mass is 10.2. The maximum Gasteiger partial charge on any atom is 0.251 e. The molecule has 7 heteroatoms. The number of benzene rings is 1. The van der Waals surface area contributed by atoms with Crippen molar-refractivity contribution in [2.45, 2.75) is 19.4 Å². The highest BCUT2D eigenvalue weighted by molar-refractivity contribution is 7.91. The van der Waals surface area contributed by atoms with E-state index in [-0.39, 0.29) is 23.5 Å². The van der Waals surface area contributed by atoms with Crippen LogP contribution < -0.4 is 5.32 Å². The zero-order valence-corrected chi connectivity index (χ0v) is 12.6. The lowest BCUT2D eigenvalue weighted by Crippen LogP contribution is -2.35. The average Bonchev–Trinajstić information content (AvgIpc) is 2.89. The molecular formula is C13H14N2O3S2. The van der Waals surface area contributed by atoms with Crippen molar-refractivity contribution in [3.05, 3.63) is 28.8 Å². The third kappa shape index (κ3) is 2.69. The largest absolute Gasteiger partial charge is 0.348 e. The molecule has 106 valence electrons. The zero-order valence-electron chi connectivity index (χ0n) is 10.9. The van der Waals surface area contributed by atoms with Gasteiger partial charge in [-0.2, -0.15) is 0 Å². The molecule has 1 aliphatic rings. The molecule has 0 aliphatic carbocycles. The first-order valence-electron chi connectivity index (χ1n) is 6.31. The van der Waals surface area contributed by atoms with Gasteiger partial charge in [0, 0.05) is 11.6 Å². The second-order valence-corrected chi connectivity index (χ2v) is 8.45. The molecule has 1 unspecified atom stereocenters. The lowest BCUT2D eigenvalue weighted by molar-refractivity contribution is 0.0941. The van der Waals surface area contributed by atoms with Crippen molar-refractivity contribution in [3.8, 4) is 0 Å². The number of nitrogens with zero attached hydrogens (tertiary/aromatic N) is 1. The summed E-state index contributed by atoms with van der Waals surface area (Å²) in [4.78, 5) is 16.5. The zero-order chi connectivity index (χ0) is 14.3. The molecule has 1 aromatic carbocycles. The van der Waals surface area contributed by atoms with Crippen molar-refractivity contribution in [1.29, 1.82) is 0 Å². The van der Waals surface area contributed by atoms with Gasteiger partial charge in [0.15, 0.2) is 9.84 Å². The van der Waals surface area contributed by atoms with Crippen molar-refractivity contribution in [3.63, 3.8) is 0 Å². The molecule has 0 bridgehead atoms. The minimum atomic E-state index is -2.98. The number of amides is 1. The number of nitrogens with one attached hydrogen (secondary N) is 1. The molecule has 1 aromatic heterocycles. The molecule has 0 saturated carbocycles. The highest BCUT2D eigenvalue weighted by atomic mass is 32.2. The van der Waals surface area contributed by atoms with Crippen molar-refractivity contribution < 1.29 is 13.2 Å². The van der Waals surface area contributed by atoms with Crippen molar-refractivity contribution in [2.24, 2.45) is 0 Å². The highest BCUT2D eigenvalue weighted by Crippen LogP contribution is 2.22. The van der Waals surface area contributed by atoms with Crippen LogP contribution in [-0.4, -0.2) is 36.9 Å². The molecular weight excluding hydrogens is 296 g/mol. The van der Waals surface area contributed by atoms with Crippen LogP contribution >= 0.6 is 11.3 Å². The summed E-state index contributed by atoms with van der Waals surface area (Å²) in [5, 5.41) is 3.75. The summed E-state index contributed by atoms with van der Waals surface area (Å²) in [6, 6.07) is 5.07. The summed E-state index contributed by atoms with van der Waals surface area (Å²) in [6.07, 6.45) is 0.496. The van der Waals surface area contributed by atoms with Crippen LogP contribution in [0.1, 0.15) is 21.8 Å². The van der Waals surface area contributed by atoms with Crippen LogP contribution in [0.2, 0.25) is 0 Å². The third-order valence-electron chi connectivity index (χ3n) is 3.33. The van der Waals surface area contributed by atoms with Gasteiger partial charge < -0.3 is 5.32 Å². The Kier molecular flexibility index (Phi) is 3.25. The van der Waals surface area contributed by atoms with Crippen LogP contribution in [0, 0.1) is 6.92 Å². The van der Waals surface area contributed by atoms with E-state index in [1.807, 2.05) is 13.0 Å². The van der Waals surface area contributed by atoms with Gasteiger partial charge in [-0.25, -0.2) is 13.4 Å². The van der Waals surface area contributed by atoms with E-state index < -0.39 is 9.84 Å². The van der Waals surface area contributed by atoms with E-state index in [0.717, 1.165) is 15.2 Å². The first-order chi connectivity index (χ1) is 9.43. The number of sulfone groups is 1. The molecule has 3 rings (SSSR count). The standard InChI is InChI=1S/C13H14N2O3S2/c1-8-14-11-3-2-9(6-12(11)19-8)13(16)15-10-4-5-20(17,18)7-10/h2-3,6,10H,4-5,7H2,1H3,(H,15,16). The number of carbonyl (C=O) groups is 1. The molecule has 1 fully saturated rings. The monoisotopic (exact) mass is 310 g/mol. The van der Waals surface area contributed by atoms with Gasteiger partial charge in [0.1, 0.15) is 0 Å². The molecule has 1 amide bonds. The first-order valence-corrected chi connectivity index (χ1v) is 8.95. The SMILES string of the molecule is Cc1nc2ccc(C(=O)NC3CCS(=O)(=O)C3)cc2s1. The smallest absolute Gasteiger partial charge is 0.251 e. The maximum atomic E-state index is 12.1. The van der Waals surface area contributed by atoms with Crippen molar-refractivity contribution >= 4 is 37.3 Å². The normalized spacial score (nSPS) is 21.1. The molecule has 2 aromatic rings. The molecule has 1 atom stereocenters. The molecule has 2 heterocycles. The number of hydrogen-bond acceptors (Lipinski definition) is 5. The number of hydrogen-bond donors (Lipinski definition) is 1. The highest BCUT2D eigenvalue weighted by Gasteiger charge is 2.29. The van der Waals surface area contributed by atoms with Crippen molar-refractivity contribution in [2.75, 3.05) is 11.5 Å². The van der Waals surface area contributed by atoms with Gasteiger partial charge >= 0.3 is 0 Å². The summed E-state index contributed by atoms with van der Waals surface area (Å²) < 4.78 is 23.7. The number of fused-ring (bicyclic) bond motifs is 1. The van der Waals surface area contributed by atoms with Gasteiger partial charge in [-0.1, -0.05) is 0 Å². The molecule has 1 aliphatic heterocycles. The minimum absolute atomic E-state index is 0.0423. The number of thiazole rings is 1. The van der Waals surface area contributed by atoms with Crippen molar-refractivity contribution in [1.82, 2.24) is 10.3 Å². The van der Waals surface area contributed by atoms with E-state index in [9.17, 15) is 13.2 Å². The summed E-state index contributed by atoms with van der Waals surface area (Å²) in [5.74, 6) is -0.0221. The minimum Gasteiger partial charge on any atom is -0.348 e. The summed E-state index contributed by atoms with van der Waals surface area (Å²) in [5.41, 5.74) is 1.43. The average molecular weight is 310 g/mol.